The molecule has 1 amide bonds. The highest BCUT2D eigenvalue weighted by Gasteiger charge is 2.15. The number of amides is 1. The predicted octanol–water partition coefficient (Wildman–Crippen LogP) is 3.70. The third-order valence-electron chi connectivity index (χ3n) is 4.56. The second-order valence-electron chi connectivity index (χ2n) is 6.56. The number of rotatable bonds is 9. The van der Waals surface area contributed by atoms with Crippen molar-refractivity contribution in [3.8, 4) is 22.9 Å². The number of hydrazone groups is 1. The van der Waals surface area contributed by atoms with Gasteiger partial charge in [-0.2, -0.15) is 5.10 Å². The molecule has 0 aliphatic rings. The van der Waals surface area contributed by atoms with Gasteiger partial charge in [-0.3, -0.25) is 4.79 Å². The predicted molar refractivity (Wildman–Crippen MR) is 121 cm³/mol. The van der Waals surface area contributed by atoms with Gasteiger partial charge in [0, 0.05) is 12.1 Å². The van der Waals surface area contributed by atoms with Crippen LogP contribution >= 0.6 is 11.8 Å². The van der Waals surface area contributed by atoms with Crippen LogP contribution in [-0.2, 0) is 11.3 Å². The molecule has 0 spiro atoms. The van der Waals surface area contributed by atoms with Gasteiger partial charge in [-0.05, 0) is 67.4 Å². The molecule has 0 bridgehead atoms. The maximum absolute atomic E-state index is 12.3. The molecule has 0 atom stereocenters. The van der Waals surface area contributed by atoms with Crippen molar-refractivity contribution in [1.29, 1.82) is 0 Å². The van der Waals surface area contributed by atoms with Gasteiger partial charge in [-0.15, -0.1) is 10.2 Å². The van der Waals surface area contributed by atoms with Crippen LogP contribution in [0.25, 0.3) is 11.4 Å². The fourth-order valence-electron chi connectivity index (χ4n) is 2.93. The van der Waals surface area contributed by atoms with Crippen molar-refractivity contribution in [1.82, 2.24) is 20.2 Å². The number of phenolic OH excluding ortho intramolecular Hbond substituents is 1. The van der Waals surface area contributed by atoms with Crippen LogP contribution in [0.5, 0.6) is 11.5 Å². The van der Waals surface area contributed by atoms with Crippen molar-refractivity contribution in [2.24, 2.45) is 5.10 Å². The van der Waals surface area contributed by atoms with E-state index in [4.69, 9.17) is 4.74 Å². The number of methoxy groups -OCH3 is 1. The van der Waals surface area contributed by atoms with E-state index in [1.807, 2.05) is 42.7 Å². The summed E-state index contributed by atoms with van der Waals surface area (Å²) in [7, 11) is 1.63. The molecule has 0 radical (unpaired) electrons. The number of hydrogen-bond acceptors (Lipinski definition) is 7. The maximum Gasteiger partial charge on any atom is 0.250 e. The highest BCUT2D eigenvalue weighted by Crippen LogP contribution is 2.25. The summed E-state index contributed by atoms with van der Waals surface area (Å²) in [6, 6.07) is 14.3. The van der Waals surface area contributed by atoms with E-state index in [9.17, 15) is 9.90 Å². The molecule has 3 aromatic rings. The molecule has 162 valence electrons. The van der Waals surface area contributed by atoms with E-state index in [1.165, 1.54) is 11.8 Å². The topological polar surface area (TPSA) is 102 Å². The van der Waals surface area contributed by atoms with Crippen molar-refractivity contribution in [2.75, 3.05) is 12.9 Å². The van der Waals surface area contributed by atoms with Crippen LogP contribution in [-0.4, -0.2) is 44.4 Å². The molecule has 2 N–H and O–H groups in total. The fraction of sp³-hybridized carbons (Fsp3) is 0.273. The summed E-state index contributed by atoms with van der Waals surface area (Å²) in [5.74, 6) is 1.64. The number of thioether (sulfide) groups is 1. The largest absolute Gasteiger partial charge is 0.508 e. The lowest BCUT2D eigenvalue weighted by Crippen LogP contribution is -2.22. The monoisotopic (exact) mass is 439 g/mol. The lowest BCUT2D eigenvalue weighted by molar-refractivity contribution is -0.118. The van der Waals surface area contributed by atoms with Gasteiger partial charge < -0.3 is 14.4 Å². The first-order valence-electron chi connectivity index (χ1n) is 9.90. The summed E-state index contributed by atoms with van der Waals surface area (Å²) >= 11 is 1.31. The molecule has 1 heterocycles. The highest BCUT2D eigenvalue weighted by atomic mass is 32.2. The summed E-state index contributed by atoms with van der Waals surface area (Å²) < 4.78 is 7.17. The SMILES string of the molecule is CC/C(=N\NC(=O)CSc1nnc(-c2ccc(OC)cc2)n1CC)c1ccc(O)cc1. The zero-order chi connectivity index (χ0) is 22.2. The van der Waals surface area contributed by atoms with Gasteiger partial charge in [-0.1, -0.05) is 18.7 Å². The third kappa shape index (κ3) is 5.64. The summed E-state index contributed by atoms with van der Waals surface area (Å²) in [4.78, 5) is 12.3. The number of aromatic hydroxyl groups is 1. The van der Waals surface area contributed by atoms with Gasteiger partial charge in [0.15, 0.2) is 11.0 Å². The van der Waals surface area contributed by atoms with E-state index in [0.717, 1.165) is 28.4 Å². The van der Waals surface area contributed by atoms with E-state index in [-0.39, 0.29) is 17.4 Å². The first-order valence-corrected chi connectivity index (χ1v) is 10.9. The number of nitrogens with zero attached hydrogens (tertiary/aromatic N) is 4. The van der Waals surface area contributed by atoms with Crippen LogP contribution in [0, 0.1) is 0 Å². The summed E-state index contributed by atoms with van der Waals surface area (Å²) in [6.45, 7) is 4.64. The molecular formula is C22H25N5O3S. The Morgan fingerprint density at radius 3 is 2.45 bits per heavy atom. The van der Waals surface area contributed by atoms with Crippen molar-refractivity contribution in [3.63, 3.8) is 0 Å². The third-order valence-corrected chi connectivity index (χ3v) is 5.53. The smallest absolute Gasteiger partial charge is 0.250 e. The van der Waals surface area contributed by atoms with E-state index < -0.39 is 0 Å². The van der Waals surface area contributed by atoms with Gasteiger partial charge in [0.2, 0.25) is 0 Å². The minimum Gasteiger partial charge on any atom is -0.508 e. The normalized spacial score (nSPS) is 11.4. The molecule has 0 fully saturated rings. The number of benzene rings is 2. The lowest BCUT2D eigenvalue weighted by Gasteiger charge is -2.08. The second kappa shape index (κ2) is 10.6. The first kappa shape index (κ1) is 22.4. The van der Waals surface area contributed by atoms with Crippen LogP contribution in [0.3, 0.4) is 0 Å². The molecule has 2 aromatic carbocycles. The maximum atomic E-state index is 12.3. The fourth-order valence-corrected chi connectivity index (χ4v) is 3.72. The van der Waals surface area contributed by atoms with E-state index >= 15 is 0 Å². The Morgan fingerprint density at radius 1 is 1.13 bits per heavy atom. The molecule has 9 heteroatoms. The number of phenols is 1. The first-order chi connectivity index (χ1) is 15.0. The molecule has 0 aliphatic heterocycles. The Balaban J connectivity index is 1.64. The van der Waals surface area contributed by atoms with Gasteiger partial charge >= 0.3 is 0 Å². The molecule has 31 heavy (non-hydrogen) atoms. The van der Waals surface area contributed by atoms with Crippen molar-refractivity contribution in [2.45, 2.75) is 32.0 Å². The van der Waals surface area contributed by atoms with Crippen LogP contribution in [0.1, 0.15) is 25.8 Å². The number of carbonyl (C=O) groups excluding carboxylic acids is 1. The quantitative estimate of drug-likeness (QED) is 0.299. The number of hydrogen-bond donors (Lipinski definition) is 2. The van der Waals surface area contributed by atoms with Gasteiger partial charge in [0.25, 0.3) is 5.91 Å². The van der Waals surface area contributed by atoms with Crippen molar-refractivity contribution in [3.05, 3.63) is 54.1 Å². The summed E-state index contributed by atoms with van der Waals surface area (Å²) in [5, 5.41) is 22.9. The van der Waals surface area contributed by atoms with Gasteiger partial charge in [-0.25, -0.2) is 5.43 Å². The van der Waals surface area contributed by atoms with Crippen LogP contribution in [0.4, 0.5) is 0 Å². The molecule has 1 aromatic heterocycles. The summed E-state index contributed by atoms with van der Waals surface area (Å²) in [6.07, 6.45) is 0.646. The average molecular weight is 440 g/mol. The highest BCUT2D eigenvalue weighted by molar-refractivity contribution is 7.99. The van der Waals surface area contributed by atoms with Crippen LogP contribution in [0.2, 0.25) is 0 Å². The molecule has 0 saturated heterocycles. The Kier molecular flexibility index (Phi) is 7.66. The van der Waals surface area contributed by atoms with Gasteiger partial charge in [0.1, 0.15) is 11.5 Å². The Labute approximate surface area is 185 Å². The van der Waals surface area contributed by atoms with Crippen molar-refractivity contribution < 1.29 is 14.6 Å². The van der Waals surface area contributed by atoms with Crippen LogP contribution < -0.4 is 10.2 Å². The minimum absolute atomic E-state index is 0.164. The Morgan fingerprint density at radius 2 is 1.84 bits per heavy atom. The molecule has 0 unspecified atom stereocenters. The molecule has 8 nitrogen and oxygen atoms in total. The Hall–Kier alpha value is -3.33. The molecule has 0 aliphatic carbocycles. The van der Waals surface area contributed by atoms with E-state index in [1.54, 1.807) is 31.4 Å². The molecular weight excluding hydrogens is 414 g/mol. The van der Waals surface area contributed by atoms with E-state index in [2.05, 4.69) is 20.7 Å². The number of carbonyl (C=O) groups is 1. The number of nitrogens with one attached hydrogen (secondary N) is 1. The second-order valence-corrected chi connectivity index (χ2v) is 7.50. The Bertz CT molecular complexity index is 1050. The van der Waals surface area contributed by atoms with Crippen LogP contribution in [0.15, 0.2) is 58.8 Å². The van der Waals surface area contributed by atoms with E-state index in [0.29, 0.717) is 18.1 Å². The molecule has 0 saturated carbocycles. The standard InChI is InChI=1S/C22H25N5O3S/c1-4-19(15-6-10-17(28)11-7-15)23-24-20(29)14-31-22-26-25-21(27(22)5-2)16-8-12-18(30-3)13-9-16/h6-13,28H,4-5,14H2,1-3H3,(H,24,29)/b23-19+. The molecule has 3 rings (SSSR count). The summed E-state index contributed by atoms with van der Waals surface area (Å²) in [5.41, 5.74) is 5.11. The number of ether oxygens (including phenoxy) is 1. The van der Waals surface area contributed by atoms with Crippen molar-refractivity contribution >= 4 is 23.4 Å². The number of aromatic nitrogens is 3. The van der Waals surface area contributed by atoms with Gasteiger partial charge in [0.05, 0.1) is 18.6 Å². The minimum atomic E-state index is -0.230. The zero-order valence-electron chi connectivity index (χ0n) is 17.7. The lowest BCUT2D eigenvalue weighted by atomic mass is 10.1. The zero-order valence-corrected chi connectivity index (χ0v) is 18.5. The average Bonchev–Trinajstić information content (AvgIpc) is 3.22.